The predicted molar refractivity (Wildman–Crippen MR) is 57.1 cm³/mol. The van der Waals surface area contributed by atoms with Gasteiger partial charge in [0.25, 0.3) is 0 Å². The second-order valence-corrected chi connectivity index (χ2v) is 3.69. The molecule has 0 bridgehead atoms. The van der Waals surface area contributed by atoms with Gasteiger partial charge in [0, 0.05) is 13.5 Å². The summed E-state index contributed by atoms with van der Waals surface area (Å²) in [5.74, 6) is 1.60. The molecule has 0 aromatic carbocycles. The highest BCUT2D eigenvalue weighted by molar-refractivity contribution is 5.75. The van der Waals surface area contributed by atoms with E-state index in [9.17, 15) is 4.79 Å². The van der Waals surface area contributed by atoms with E-state index in [1.165, 1.54) is 0 Å². The van der Waals surface area contributed by atoms with E-state index < -0.39 is 0 Å². The maximum Gasteiger partial charge on any atom is 0.222 e. The van der Waals surface area contributed by atoms with Crippen LogP contribution in [0.15, 0.2) is 0 Å². The van der Waals surface area contributed by atoms with Gasteiger partial charge in [-0.3, -0.25) is 9.89 Å². The quantitative estimate of drug-likeness (QED) is 0.795. The first-order valence-electron chi connectivity index (χ1n) is 5.25. The zero-order chi connectivity index (χ0) is 11.3. The van der Waals surface area contributed by atoms with Crippen LogP contribution < -0.4 is 0 Å². The normalized spacial score (nSPS) is 10.3. The van der Waals surface area contributed by atoms with Gasteiger partial charge in [-0.25, -0.2) is 4.98 Å². The number of amides is 1. The fraction of sp³-hybridized carbons (Fsp3) is 0.700. The third kappa shape index (κ3) is 3.69. The number of H-pyrrole nitrogens is 1. The molecule has 84 valence electrons. The van der Waals surface area contributed by atoms with Crippen molar-refractivity contribution in [3.63, 3.8) is 0 Å². The largest absolute Gasteiger partial charge is 0.338 e. The summed E-state index contributed by atoms with van der Waals surface area (Å²) < 4.78 is 0. The molecule has 0 atom stereocenters. The summed E-state index contributed by atoms with van der Waals surface area (Å²) in [6.07, 6.45) is 2.59. The number of aryl methyl sites for hydroxylation is 1. The maximum atomic E-state index is 11.6. The first-order valence-corrected chi connectivity index (χ1v) is 5.25. The first-order chi connectivity index (χ1) is 7.13. The maximum absolute atomic E-state index is 11.6. The second kappa shape index (κ2) is 5.48. The lowest BCUT2D eigenvalue weighted by Crippen LogP contribution is -2.26. The van der Waals surface area contributed by atoms with Crippen molar-refractivity contribution in [3.05, 3.63) is 11.6 Å². The Labute approximate surface area is 89.9 Å². The van der Waals surface area contributed by atoms with Crippen LogP contribution in [0.5, 0.6) is 0 Å². The van der Waals surface area contributed by atoms with Crippen molar-refractivity contribution >= 4 is 5.91 Å². The molecule has 5 nitrogen and oxygen atoms in total. The highest BCUT2D eigenvalue weighted by atomic mass is 16.2. The fourth-order valence-electron chi connectivity index (χ4n) is 1.28. The number of rotatable bonds is 5. The van der Waals surface area contributed by atoms with Crippen LogP contribution in [0.1, 0.15) is 37.8 Å². The Balaban J connectivity index is 2.41. The van der Waals surface area contributed by atoms with E-state index in [1.807, 2.05) is 6.92 Å². The zero-order valence-electron chi connectivity index (χ0n) is 9.58. The van der Waals surface area contributed by atoms with E-state index in [4.69, 9.17) is 0 Å². The van der Waals surface area contributed by atoms with Crippen molar-refractivity contribution in [2.24, 2.45) is 0 Å². The van der Waals surface area contributed by atoms with Crippen molar-refractivity contribution in [2.45, 2.75) is 39.7 Å². The number of carbonyl (C=O) groups is 1. The molecule has 15 heavy (non-hydrogen) atoms. The SMILES string of the molecule is CCCCC(=O)N(C)Cc1n[nH]c(C)n1. The average Bonchev–Trinajstić information content (AvgIpc) is 2.60. The lowest BCUT2D eigenvalue weighted by Gasteiger charge is -2.14. The molecule has 1 amide bonds. The highest BCUT2D eigenvalue weighted by Gasteiger charge is 2.10. The van der Waals surface area contributed by atoms with Gasteiger partial charge >= 0.3 is 0 Å². The minimum Gasteiger partial charge on any atom is -0.338 e. The molecule has 0 aliphatic carbocycles. The third-order valence-corrected chi connectivity index (χ3v) is 2.19. The van der Waals surface area contributed by atoms with Crippen LogP contribution in [0, 0.1) is 6.92 Å². The predicted octanol–water partition coefficient (Wildman–Crippen LogP) is 1.26. The Kier molecular flexibility index (Phi) is 4.27. The standard InChI is InChI=1S/C10H18N4O/c1-4-5-6-10(15)14(3)7-9-11-8(2)12-13-9/h4-7H2,1-3H3,(H,11,12,13). The van der Waals surface area contributed by atoms with Gasteiger partial charge < -0.3 is 4.90 Å². The summed E-state index contributed by atoms with van der Waals surface area (Å²) in [7, 11) is 1.78. The molecular formula is C10H18N4O. The van der Waals surface area contributed by atoms with E-state index in [2.05, 4.69) is 22.1 Å². The summed E-state index contributed by atoms with van der Waals surface area (Å²) >= 11 is 0. The van der Waals surface area contributed by atoms with Crippen LogP contribution in [0.3, 0.4) is 0 Å². The van der Waals surface area contributed by atoms with E-state index in [1.54, 1.807) is 11.9 Å². The third-order valence-electron chi connectivity index (χ3n) is 2.19. The number of unbranched alkanes of at least 4 members (excludes halogenated alkanes) is 1. The Morgan fingerprint density at radius 3 is 2.80 bits per heavy atom. The summed E-state index contributed by atoms with van der Waals surface area (Å²) in [5, 5.41) is 6.75. The smallest absolute Gasteiger partial charge is 0.222 e. The lowest BCUT2D eigenvalue weighted by molar-refractivity contribution is -0.130. The number of nitrogens with one attached hydrogen (secondary N) is 1. The highest BCUT2D eigenvalue weighted by Crippen LogP contribution is 2.02. The van der Waals surface area contributed by atoms with Crippen LogP contribution in [0.2, 0.25) is 0 Å². The van der Waals surface area contributed by atoms with Crippen LogP contribution in [-0.2, 0) is 11.3 Å². The molecule has 1 heterocycles. The van der Waals surface area contributed by atoms with E-state index in [0.29, 0.717) is 18.8 Å². The molecule has 0 radical (unpaired) electrons. The Bertz CT molecular complexity index is 321. The first kappa shape index (κ1) is 11.7. The zero-order valence-corrected chi connectivity index (χ0v) is 9.58. The molecule has 0 saturated heterocycles. The topological polar surface area (TPSA) is 61.9 Å². The van der Waals surface area contributed by atoms with Gasteiger partial charge in [0.1, 0.15) is 5.82 Å². The van der Waals surface area contributed by atoms with Gasteiger partial charge in [-0.05, 0) is 13.3 Å². The molecule has 5 heteroatoms. The molecule has 0 aliphatic heterocycles. The van der Waals surface area contributed by atoms with Crippen LogP contribution in [0.25, 0.3) is 0 Å². The van der Waals surface area contributed by atoms with Gasteiger partial charge in [0.15, 0.2) is 5.82 Å². The minimum atomic E-state index is 0.152. The Morgan fingerprint density at radius 1 is 1.53 bits per heavy atom. The summed E-state index contributed by atoms with van der Waals surface area (Å²) in [5.41, 5.74) is 0. The molecule has 1 aromatic heterocycles. The molecule has 0 fully saturated rings. The Morgan fingerprint density at radius 2 is 2.27 bits per heavy atom. The van der Waals surface area contributed by atoms with Crippen LogP contribution in [-0.4, -0.2) is 33.0 Å². The number of aromatic amines is 1. The number of carbonyl (C=O) groups excluding carboxylic acids is 1. The van der Waals surface area contributed by atoms with E-state index in [-0.39, 0.29) is 5.91 Å². The molecule has 0 aliphatic rings. The number of hydrogen-bond acceptors (Lipinski definition) is 3. The van der Waals surface area contributed by atoms with E-state index in [0.717, 1.165) is 18.7 Å². The molecule has 0 saturated carbocycles. The molecule has 0 spiro atoms. The number of nitrogens with zero attached hydrogens (tertiary/aromatic N) is 3. The number of hydrogen-bond donors (Lipinski definition) is 1. The monoisotopic (exact) mass is 210 g/mol. The summed E-state index contributed by atoms with van der Waals surface area (Å²) in [4.78, 5) is 17.4. The summed E-state index contributed by atoms with van der Waals surface area (Å²) in [6, 6.07) is 0. The van der Waals surface area contributed by atoms with Gasteiger partial charge in [-0.2, -0.15) is 5.10 Å². The average molecular weight is 210 g/mol. The van der Waals surface area contributed by atoms with Crippen molar-refractivity contribution in [1.29, 1.82) is 0 Å². The molecule has 1 aromatic rings. The van der Waals surface area contributed by atoms with Crippen LogP contribution >= 0.6 is 0 Å². The summed E-state index contributed by atoms with van der Waals surface area (Å²) in [6.45, 7) is 4.40. The molecular weight excluding hydrogens is 192 g/mol. The number of aromatic nitrogens is 3. The second-order valence-electron chi connectivity index (χ2n) is 3.69. The van der Waals surface area contributed by atoms with Crippen molar-refractivity contribution in [3.8, 4) is 0 Å². The van der Waals surface area contributed by atoms with Crippen molar-refractivity contribution in [2.75, 3.05) is 7.05 Å². The van der Waals surface area contributed by atoms with Gasteiger partial charge in [-0.15, -0.1) is 0 Å². The van der Waals surface area contributed by atoms with Crippen molar-refractivity contribution in [1.82, 2.24) is 20.1 Å². The lowest BCUT2D eigenvalue weighted by atomic mass is 10.2. The van der Waals surface area contributed by atoms with Gasteiger partial charge in [-0.1, -0.05) is 13.3 Å². The Hall–Kier alpha value is -1.39. The van der Waals surface area contributed by atoms with Crippen molar-refractivity contribution < 1.29 is 4.79 Å². The fourth-order valence-corrected chi connectivity index (χ4v) is 1.28. The molecule has 1 N–H and O–H groups in total. The van der Waals surface area contributed by atoms with Crippen LogP contribution in [0.4, 0.5) is 0 Å². The molecule has 0 unspecified atom stereocenters. The van der Waals surface area contributed by atoms with Gasteiger partial charge in [0.2, 0.25) is 5.91 Å². The minimum absolute atomic E-state index is 0.152. The van der Waals surface area contributed by atoms with Gasteiger partial charge in [0.05, 0.1) is 6.54 Å². The molecule has 1 rings (SSSR count). The van der Waals surface area contributed by atoms with E-state index >= 15 is 0 Å².